The van der Waals surface area contributed by atoms with Gasteiger partial charge in [0.1, 0.15) is 17.5 Å². The summed E-state index contributed by atoms with van der Waals surface area (Å²) in [7, 11) is 3.15. The number of phenols is 1. The zero-order valence-electron chi connectivity index (χ0n) is 16.9. The maximum atomic E-state index is 12.2. The highest BCUT2D eigenvalue weighted by Crippen LogP contribution is 2.33. The smallest absolute Gasteiger partial charge is 0.257 e. The number of carbonyl (C=O) groups is 1. The quantitative estimate of drug-likeness (QED) is 0.484. The van der Waals surface area contributed by atoms with Gasteiger partial charge in [-0.25, -0.2) is 0 Å². The molecule has 3 N–H and O–H groups in total. The molecule has 1 heterocycles. The maximum absolute atomic E-state index is 12.2. The van der Waals surface area contributed by atoms with Crippen LogP contribution >= 0.6 is 0 Å². The molecule has 3 rings (SSSR count). The summed E-state index contributed by atoms with van der Waals surface area (Å²) in [5.41, 5.74) is 0.336. The van der Waals surface area contributed by atoms with E-state index in [1.54, 1.807) is 26.4 Å². The Morgan fingerprint density at radius 2 is 1.97 bits per heavy atom. The van der Waals surface area contributed by atoms with Gasteiger partial charge in [0.15, 0.2) is 5.75 Å². The molecular weight excluding hydrogens is 374 g/mol. The van der Waals surface area contributed by atoms with Crippen LogP contribution in [0.5, 0.6) is 5.75 Å². The summed E-state index contributed by atoms with van der Waals surface area (Å²) in [6, 6.07) is 4.47. The summed E-state index contributed by atoms with van der Waals surface area (Å²) in [5, 5.41) is 16.4. The lowest BCUT2D eigenvalue weighted by molar-refractivity contribution is 0.0824. The molecule has 1 unspecified atom stereocenters. The van der Waals surface area contributed by atoms with Crippen molar-refractivity contribution in [2.24, 2.45) is 0 Å². The van der Waals surface area contributed by atoms with Gasteiger partial charge in [0.05, 0.1) is 23.6 Å². The van der Waals surface area contributed by atoms with Crippen molar-refractivity contribution in [3.63, 3.8) is 0 Å². The van der Waals surface area contributed by atoms with Crippen molar-refractivity contribution >= 4 is 23.0 Å². The van der Waals surface area contributed by atoms with E-state index in [0.717, 1.165) is 12.0 Å². The summed E-state index contributed by atoms with van der Waals surface area (Å²) >= 11 is 0. The molecule has 2 atom stereocenters. The lowest BCUT2D eigenvalue weighted by atomic mass is 10.0. The minimum Gasteiger partial charge on any atom is -0.505 e. The molecule has 154 valence electrons. The Kier molecular flexibility index (Phi) is 5.63. The molecule has 2 aromatic rings. The largest absolute Gasteiger partial charge is 0.505 e. The van der Waals surface area contributed by atoms with Crippen LogP contribution in [-0.2, 0) is 4.74 Å². The van der Waals surface area contributed by atoms with Crippen LogP contribution in [0.25, 0.3) is 0 Å². The Hall–Kier alpha value is -3.29. The molecule has 1 aliphatic rings. The summed E-state index contributed by atoms with van der Waals surface area (Å²) in [5.74, 6) is -0.655. The Balaban J connectivity index is 1.84. The van der Waals surface area contributed by atoms with Crippen LogP contribution in [-0.4, -0.2) is 42.2 Å². The molecule has 2 aromatic carbocycles. The monoisotopic (exact) mass is 399 g/mol. The SMILES string of the molecule is CC[C@@H](Nc1c(Nc2cccc(C(=O)N(C)C)c2O)c(=O)c1=O)C1CC(C)=CO1. The summed E-state index contributed by atoms with van der Waals surface area (Å²) in [6.45, 7) is 3.94. The van der Waals surface area contributed by atoms with Gasteiger partial charge in [-0.05, 0) is 31.1 Å². The number of para-hydroxylation sites is 1. The minimum atomic E-state index is -0.673. The second kappa shape index (κ2) is 7.98. The topological polar surface area (TPSA) is 108 Å². The molecule has 0 spiro atoms. The van der Waals surface area contributed by atoms with E-state index < -0.39 is 10.9 Å². The number of carbonyl (C=O) groups excluding carboxylic acids is 1. The predicted molar refractivity (Wildman–Crippen MR) is 112 cm³/mol. The van der Waals surface area contributed by atoms with Gasteiger partial charge in [0.25, 0.3) is 16.8 Å². The molecule has 0 saturated heterocycles. The lowest BCUT2D eigenvalue weighted by Crippen LogP contribution is -2.42. The minimum absolute atomic E-state index is 0.0703. The molecule has 1 amide bonds. The fourth-order valence-electron chi connectivity index (χ4n) is 3.34. The fourth-order valence-corrected chi connectivity index (χ4v) is 3.34. The van der Waals surface area contributed by atoms with E-state index in [9.17, 15) is 19.5 Å². The first-order chi connectivity index (χ1) is 13.7. The first-order valence-corrected chi connectivity index (χ1v) is 9.46. The highest BCUT2D eigenvalue weighted by atomic mass is 16.5. The number of aromatic hydroxyl groups is 1. The lowest BCUT2D eigenvalue weighted by Gasteiger charge is -2.26. The second-order valence-electron chi connectivity index (χ2n) is 7.44. The van der Waals surface area contributed by atoms with E-state index in [1.807, 2.05) is 13.8 Å². The number of anilines is 3. The van der Waals surface area contributed by atoms with Crippen molar-refractivity contribution in [3.05, 3.63) is 56.0 Å². The Morgan fingerprint density at radius 3 is 2.55 bits per heavy atom. The Bertz CT molecular complexity index is 1030. The van der Waals surface area contributed by atoms with Gasteiger partial charge in [0.2, 0.25) is 0 Å². The molecule has 29 heavy (non-hydrogen) atoms. The first kappa shape index (κ1) is 20.4. The number of benzene rings is 1. The van der Waals surface area contributed by atoms with E-state index in [0.29, 0.717) is 6.42 Å². The van der Waals surface area contributed by atoms with Crippen LogP contribution in [0.2, 0.25) is 0 Å². The highest BCUT2D eigenvalue weighted by Gasteiger charge is 2.30. The van der Waals surface area contributed by atoms with E-state index in [-0.39, 0.29) is 46.4 Å². The molecular formula is C21H25N3O5. The van der Waals surface area contributed by atoms with Crippen molar-refractivity contribution < 1.29 is 14.6 Å². The van der Waals surface area contributed by atoms with Gasteiger partial charge < -0.3 is 25.4 Å². The number of amides is 1. The van der Waals surface area contributed by atoms with Crippen LogP contribution < -0.4 is 21.5 Å². The zero-order chi connectivity index (χ0) is 21.3. The molecule has 0 radical (unpaired) electrons. The third kappa shape index (κ3) is 3.83. The molecule has 0 saturated carbocycles. The van der Waals surface area contributed by atoms with Crippen LogP contribution in [0.15, 0.2) is 39.6 Å². The van der Waals surface area contributed by atoms with Gasteiger partial charge in [-0.1, -0.05) is 13.0 Å². The van der Waals surface area contributed by atoms with E-state index in [1.165, 1.54) is 17.0 Å². The van der Waals surface area contributed by atoms with Gasteiger partial charge >= 0.3 is 0 Å². The molecule has 0 bridgehead atoms. The van der Waals surface area contributed by atoms with Crippen molar-refractivity contribution in [1.29, 1.82) is 0 Å². The van der Waals surface area contributed by atoms with Crippen molar-refractivity contribution in [1.82, 2.24) is 4.90 Å². The number of rotatable bonds is 7. The number of phenolic OH excluding ortho intramolecular Hbond substituents is 1. The van der Waals surface area contributed by atoms with Crippen LogP contribution in [0, 0.1) is 0 Å². The maximum Gasteiger partial charge on any atom is 0.257 e. The summed E-state index contributed by atoms with van der Waals surface area (Å²) in [6.07, 6.45) is 3.04. The predicted octanol–water partition coefficient (Wildman–Crippen LogP) is 2.32. The molecule has 0 fully saturated rings. The summed E-state index contributed by atoms with van der Waals surface area (Å²) < 4.78 is 5.64. The highest BCUT2D eigenvalue weighted by molar-refractivity contribution is 5.99. The third-order valence-electron chi connectivity index (χ3n) is 5.03. The fraction of sp³-hybridized carbons (Fsp3) is 0.381. The average Bonchev–Trinajstić information content (AvgIpc) is 3.13. The molecule has 8 nitrogen and oxygen atoms in total. The molecule has 8 heteroatoms. The van der Waals surface area contributed by atoms with E-state index >= 15 is 0 Å². The van der Waals surface area contributed by atoms with Gasteiger partial charge in [-0.15, -0.1) is 0 Å². The number of hydrogen-bond acceptors (Lipinski definition) is 7. The van der Waals surface area contributed by atoms with E-state index in [4.69, 9.17) is 4.74 Å². The van der Waals surface area contributed by atoms with Crippen molar-refractivity contribution in [2.45, 2.75) is 38.8 Å². The van der Waals surface area contributed by atoms with Crippen LogP contribution in [0.1, 0.15) is 37.0 Å². The molecule has 1 aliphatic heterocycles. The zero-order valence-corrected chi connectivity index (χ0v) is 16.9. The number of hydrogen-bond donors (Lipinski definition) is 3. The van der Waals surface area contributed by atoms with E-state index in [2.05, 4.69) is 10.6 Å². The standard InChI is InChI=1S/C21H25N3O5/c1-5-13(15-9-11(2)10-29-15)22-16-17(20(27)19(16)26)23-14-8-6-7-12(18(14)25)21(28)24(3)4/h6-8,10,13,15,22-23,25H,5,9H2,1-4H3/t13-,15?/m1/s1. The van der Waals surface area contributed by atoms with Gasteiger partial charge in [-0.3, -0.25) is 14.4 Å². The summed E-state index contributed by atoms with van der Waals surface area (Å²) in [4.78, 5) is 37.8. The van der Waals surface area contributed by atoms with Crippen molar-refractivity contribution in [3.8, 4) is 5.75 Å². The number of ether oxygens (including phenoxy) is 1. The first-order valence-electron chi connectivity index (χ1n) is 9.46. The van der Waals surface area contributed by atoms with Gasteiger partial charge in [-0.2, -0.15) is 0 Å². The number of nitrogens with zero attached hydrogens (tertiary/aromatic N) is 1. The average molecular weight is 399 g/mol. The molecule has 0 aliphatic carbocycles. The Morgan fingerprint density at radius 1 is 1.28 bits per heavy atom. The van der Waals surface area contributed by atoms with Crippen LogP contribution in [0.3, 0.4) is 0 Å². The van der Waals surface area contributed by atoms with Gasteiger partial charge in [0, 0.05) is 20.5 Å². The molecule has 0 aromatic heterocycles. The van der Waals surface area contributed by atoms with Crippen LogP contribution in [0.4, 0.5) is 17.1 Å². The third-order valence-corrected chi connectivity index (χ3v) is 5.03. The van der Waals surface area contributed by atoms with Crippen molar-refractivity contribution in [2.75, 3.05) is 24.7 Å². The second-order valence-corrected chi connectivity index (χ2v) is 7.44. The Labute approximate surface area is 168 Å². The number of nitrogens with one attached hydrogen (secondary N) is 2. The normalized spacial score (nSPS) is 16.8.